The van der Waals surface area contributed by atoms with Crippen LogP contribution in [0.25, 0.3) is 0 Å². The minimum atomic E-state index is -0.585. The zero-order valence-corrected chi connectivity index (χ0v) is 14.8. The highest BCUT2D eigenvalue weighted by Gasteiger charge is 2.18. The Bertz CT molecular complexity index is 599. The Morgan fingerprint density at radius 2 is 1.76 bits per heavy atom. The van der Waals surface area contributed by atoms with E-state index in [4.69, 9.17) is 9.47 Å². The molecule has 0 unspecified atom stereocenters. The number of para-hydroxylation sites is 1. The molecular formula is C18H25NO6. The van der Waals surface area contributed by atoms with Gasteiger partial charge in [0.2, 0.25) is 0 Å². The molecule has 0 spiro atoms. The molecule has 0 amide bonds. The number of rotatable bonds is 11. The third kappa shape index (κ3) is 7.78. The Hall–Kier alpha value is -2.44. The van der Waals surface area contributed by atoms with Gasteiger partial charge in [0.15, 0.2) is 0 Å². The van der Waals surface area contributed by atoms with Crippen LogP contribution in [0.15, 0.2) is 18.2 Å². The minimum Gasteiger partial charge on any atom is -0.466 e. The van der Waals surface area contributed by atoms with Crippen molar-refractivity contribution in [2.45, 2.75) is 59.0 Å². The number of esters is 2. The van der Waals surface area contributed by atoms with E-state index in [0.717, 1.165) is 25.7 Å². The molecule has 138 valence electrons. The van der Waals surface area contributed by atoms with Gasteiger partial charge in [-0.15, -0.1) is 0 Å². The molecule has 0 saturated carbocycles. The maximum absolute atomic E-state index is 11.7. The van der Waals surface area contributed by atoms with Gasteiger partial charge in [-0.25, -0.2) is 0 Å². The van der Waals surface area contributed by atoms with Gasteiger partial charge < -0.3 is 9.47 Å². The van der Waals surface area contributed by atoms with E-state index in [1.54, 1.807) is 25.1 Å². The predicted octanol–water partition coefficient (Wildman–Crippen LogP) is 3.85. The molecule has 0 radical (unpaired) electrons. The molecule has 0 heterocycles. The zero-order chi connectivity index (χ0) is 18.7. The third-order valence-electron chi connectivity index (χ3n) is 3.69. The van der Waals surface area contributed by atoms with E-state index >= 15 is 0 Å². The minimum absolute atomic E-state index is 0.0531. The van der Waals surface area contributed by atoms with Crippen LogP contribution in [0.5, 0.6) is 0 Å². The summed E-state index contributed by atoms with van der Waals surface area (Å²) < 4.78 is 10.1. The summed E-state index contributed by atoms with van der Waals surface area (Å²) >= 11 is 0. The van der Waals surface area contributed by atoms with E-state index < -0.39 is 16.9 Å². The molecule has 1 rings (SSSR count). The summed E-state index contributed by atoms with van der Waals surface area (Å²) in [4.78, 5) is 33.8. The van der Waals surface area contributed by atoms with Crippen LogP contribution in [-0.4, -0.2) is 23.5 Å². The maximum Gasteiger partial charge on any atom is 0.306 e. The van der Waals surface area contributed by atoms with Gasteiger partial charge in [0.05, 0.1) is 29.9 Å². The first-order valence-corrected chi connectivity index (χ1v) is 8.49. The summed E-state index contributed by atoms with van der Waals surface area (Å²) in [5.74, 6) is -1.02. The van der Waals surface area contributed by atoms with Crippen molar-refractivity contribution in [3.8, 4) is 0 Å². The van der Waals surface area contributed by atoms with Gasteiger partial charge in [0.25, 0.3) is 5.69 Å². The second-order valence-corrected chi connectivity index (χ2v) is 5.78. The molecule has 0 bridgehead atoms. The van der Waals surface area contributed by atoms with Crippen LogP contribution in [0.3, 0.4) is 0 Å². The molecule has 0 saturated heterocycles. The normalized spacial score (nSPS) is 10.3. The lowest BCUT2D eigenvalue weighted by atomic mass is 10.1. The lowest BCUT2D eigenvalue weighted by molar-refractivity contribution is -0.386. The fraction of sp³-hybridized carbons (Fsp3) is 0.556. The SMILES string of the molecule is CCCCCCOC(=O)CCC(=O)OCc1cccc(C)c1[N+](=O)[O-]. The van der Waals surface area contributed by atoms with Crippen molar-refractivity contribution in [2.24, 2.45) is 0 Å². The second-order valence-electron chi connectivity index (χ2n) is 5.78. The van der Waals surface area contributed by atoms with Gasteiger partial charge in [-0.1, -0.05) is 38.3 Å². The highest BCUT2D eigenvalue weighted by Crippen LogP contribution is 2.23. The number of nitro groups is 1. The van der Waals surface area contributed by atoms with Crippen LogP contribution < -0.4 is 0 Å². The average molecular weight is 351 g/mol. The number of hydrogen-bond donors (Lipinski definition) is 0. The first-order chi connectivity index (χ1) is 12.0. The first kappa shape index (κ1) is 20.6. The van der Waals surface area contributed by atoms with E-state index in [-0.39, 0.29) is 25.1 Å². The van der Waals surface area contributed by atoms with Crippen molar-refractivity contribution in [1.29, 1.82) is 0 Å². The second kappa shape index (κ2) is 11.2. The van der Waals surface area contributed by atoms with Crippen molar-refractivity contribution in [2.75, 3.05) is 6.61 Å². The van der Waals surface area contributed by atoms with Gasteiger partial charge in [0.1, 0.15) is 6.61 Å². The van der Waals surface area contributed by atoms with Crippen molar-refractivity contribution in [3.05, 3.63) is 39.4 Å². The van der Waals surface area contributed by atoms with Crippen LogP contribution in [0.2, 0.25) is 0 Å². The maximum atomic E-state index is 11.7. The van der Waals surface area contributed by atoms with Crippen molar-refractivity contribution < 1.29 is 24.0 Å². The molecule has 0 aliphatic carbocycles. The van der Waals surface area contributed by atoms with Gasteiger partial charge in [0, 0.05) is 5.56 Å². The zero-order valence-electron chi connectivity index (χ0n) is 14.8. The predicted molar refractivity (Wildman–Crippen MR) is 92.0 cm³/mol. The van der Waals surface area contributed by atoms with Crippen molar-refractivity contribution >= 4 is 17.6 Å². The number of nitro benzene ring substituents is 1. The van der Waals surface area contributed by atoms with Crippen molar-refractivity contribution in [3.63, 3.8) is 0 Å². The lowest BCUT2D eigenvalue weighted by Gasteiger charge is -2.07. The Morgan fingerprint density at radius 1 is 1.08 bits per heavy atom. The summed E-state index contributed by atoms with van der Waals surface area (Å²) in [6.07, 6.45) is 3.89. The van der Waals surface area contributed by atoms with Crippen LogP contribution in [0, 0.1) is 17.0 Å². The highest BCUT2D eigenvalue weighted by molar-refractivity contribution is 5.77. The molecule has 7 heteroatoms. The molecule has 0 N–H and O–H groups in total. The fourth-order valence-corrected chi connectivity index (χ4v) is 2.32. The number of carbonyl (C=O) groups excluding carboxylic acids is 2. The number of hydrogen-bond acceptors (Lipinski definition) is 6. The quantitative estimate of drug-likeness (QED) is 0.260. The number of nitrogens with zero attached hydrogens (tertiary/aromatic N) is 1. The van der Waals surface area contributed by atoms with Crippen LogP contribution in [-0.2, 0) is 25.7 Å². The molecule has 7 nitrogen and oxygen atoms in total. The molecule has 0 aromatic heterocycles. The first-order valence-electron chi connectivity index (χ1n) is 8.49. The smallest absolute Gasteiger partial charge is 0.306 e. The van der Waals surface area contributed by atoms with Gasteiger partial charge >= 0.3 is 11.9 Å². The van der Waals surface area contributed by atoms with E-state index in [0.29, 0.717) is 17.7 Å². The van der Waals surface area contributed by atoms with E-state index in [9.17, 15) is 19.7 Å². The standard InChI is InChI=1S/C18H25NO6/c1-3-4-5-6-12-24-16(20)10-11-17(21)25-13-15-9-7-8-14(2)18(15)19(22)23/h7-9H,3-6,10-13H2,1-2H3. The van der Waals surface area contributed by atoms with E-state index in [1.807, 2.05) is 0 Å². The van der Waals surface area contributed by atoms with Crippen LogP contribution in [0.1, 0.15) is 56.6 Å². The molecule has 25 heavy (non-hydrogen) atoms. The molecular weight excluding hydrogens is 326 g/mol. The Kier molecular flexibility index (Phi) is 9.21. The fourth-order valence-electron chi connectivity index (χ4n) is 2.32. The van der Waals surface area contributed by atoms with Crippen LogP contribution in [0.4, 0.5) is 5.69 Å². The lowest BCUT2D eigenvalue weighted by Crippen LogP contribution is -2.11. The monoisotopic (exact) mass is 351 g/mol. The molecule has 1 aromatic carbocycles. The van der Waals surface area contributed by atoms with Gasteiger partial charge in [-0.3, -0.25) is 19.7 Å². The molecule has 0 fully saturated rings. The summed E-state index contributed by atoms with van der Waals surface area (Å²) in [7, 11) is 0. The van der Waals surface area contributed by atoms with Crippen LogP contribution >= 0.6 is 0 Å². The third-order valence-corrected chi connectivity index (χ3v) is 3.69. The topological polar surface area (TPSA) is 95.7 Å². The summed E-state index contributed by atoms with van der Waals surface area (Å²) in [5.41, 5.74) is 0.781. The van der Waals surface area contributed by atoms with E-state index in [1.165, 1.54) is 0 Å². The largest absolute Gasteiger partial charge is 0.466 e. The molecule has 1 aromatic rings. The number of ether oxygens (including phenoxy) is 2. The molecule has 0 aliphatic rings. The van der Waals surface area contributed by atoms with Crippen molar-refractivity contribution in [1.82, 2.24) is 0 Å². The number of benzene rings is 1. The molecule has 0 atom stereocenters. The number of aryl methyl sites for hydroxylation is 1. The van der Waals surface area contributed by atoms with Gasteiger partial charge in [-0.2, -0.15) is 0 Å². The summed E-state index contributed by atoms with van der Waals surface area (Å²) in [6, 6.07) is 4.84. The summed E-state index contributed by atoms with van der Waals surface area (Å²) in [5, 5.41) is 11.1. The van der Waals surface area contributed by atoms with E-state index in [2.05, 4.69) is 6.92 Å². The highest BCUT2D eigenvalue weighted by atomic mass is 16.6. The number of carbonyl (C=O) groups is 2. The Labute approximate surface area is 147 Å². The average Bonchev–Trinajstić information content (AvgIpc) is 2.57. The number of unbranched alkanes of at least 4 members (excludes halogenated alkanes) is 3. The summed E-state index contributed by atoms with van der Waals surface area (Å²) in [6.45, 7) is 3.90. The molecule has 0 aliphatic heterocycles. The Balaban J connectivity index is 2.33. The van der Waals surface area contributed by atoms with Gasteiger partial charge in [-0.05, 0) is 19.4 Å². The Morgan fingerprint density at radius 3 is 2.40 bits per heavy atom.